The third-order valence-corrected chi connectivity index (χ3v) is 4.86. The first-order chi connectivity index (χ1) is 14.2. The second kappa shape index (κ2) is 8.36. The fourth-order valence-corrected chi connectivity index (χ4v) is 3.46. The lowest BCUT2D eigenvalue weighted by Crippen LogP contribution is -2.16. The van der Waals surface area contributed by atoms with Crippen LogP contribution in [0.4, 0.5) is 28.7 Å². The fraction of sp³-hybridized carbons (Fsp3) is 0.273. The molecule has 0 bridgehead atoms. The molecule has 30 heavy (non-hydrogen) atoms. The zero-order valence-electron chi connectivity index (χ0n) is 18.0. The summed E-state index contributed by atoms with van der Waals surface area (Å²) >= 11 is 0. The molecule has 0 aliphatic rings. The molecule has 156 valence electrons. The van der Waals surface area contributed by atoms with Crippen LogP contribution >= 0.6 is 0 Å². The van der Waals surface area contributed by atoms with Crippen molar-refractivity contribution in [1.29, 1.82) is 0 Å². The number of hydrogen-bond acceptors (Lipinski definition) is 7. The Balaban J connectivity index is 2.11. The summed E-state index contributed by atoms with van der Waals surface area (Å²) in [5.74, 6) is 1.51. The first kappa shape index (κ1) is 21.0. The molecular formula is C22H25N5O3. The Hall–Kier alpha value is -3.68. The van der Waals surface area contributed by atoms with Crippen LogP contribution in [0.3, 0.4) is 0 Å². The summed E-state index contributed by atoms with van der Waals surface area (Å²) in [5.41, 5.74) is 4.47. The molecular weight excluding hydrogens is 382 g/mol. The molecule has 0 saturated carbocycles. The monoisotopic (exact) mass is 407 g/mol. The van der Waals surface area contributed by atoms with Gasteiger partial charge >= 0.3 is 5.69 Å². The molecule has 1 N–H and O–H groups in total. The van der Waals surface area contributed by atoms with E-state index >= 15 is 0 Å². The topological polar surface area (TPSA) is 93.4 Å². The van der Waals surface area contributed by atoms with Crippen LogP contribution in [0.25, 0.3) is 0 Å². The molecule has 0 unspecified atom stereocenters. The summed E-state index contributed by atoms with van der Waals surface area (Å²) in [7, 11) is 3.33. The van der Waals surface area contributed by atoms with Gasteiger partial charge in [0.25, 0.3) is 0 Å². The summed E-state index contributed by atoms with van der Waals surface area (Å²) in [6, 6.07) is 11.3. The van der Waals surface area contributed by atoms with Crippen LogP contribution in [0.2, 0.25) is 0 Å². The second-order valence-electron chi connectivity index (χ2n) is 7.20. The Bertz CT molecular complexity index is 1070. The number of aromatic nitrogens is 2. The molecule has 8 nitrogen and oxygen atoms in total. The number of methoxy groups -OCH3 is 1. The standard InChI is InChI=1S/C22H25N5O3/c1-13-11-14(2)19(15(3)12-13)25-21-20(27(28)29)22(24-16(4)23-21)26(5)17-7-9-18(30-6)10-8-17/h7-12H,1-6H3,(H,23,24,25). The SMILES string of the molecule is COc1ccc(N(C)c2nc(C)nc(Nc3c(C)cc(C)cc3C)c2[N+](=O)[O-])cc1. The number of aryl methyl sites for hydroxylation is 4. The molecule has 2 aromatic carbocycles. The number of benzene rings is 2. The molecule has 0 radical (unpaired) electrons. The van der Waals surface area contributed by atoms with Crippen molar-refractivity contribution in [3.63, 3.8) is 0 Å². The van der Waals surface area contributed by atoms with Crippen LogP contribution in [0.5, 0.6) is 5.75 Å². The molecule has 0 aliphatic carbocycles. The predicted octanol–water partition coefficient (Wildman–Crippen LogP) is 5.14. The highest BCUT2D eigenvalue weighted by molar-refractivity contribution is 5.79. The highest BCUT2D eigenvalue weighted by atomic mass is 16.6. The minimum Gasteiger partial charge on any atom is -0.497 e. The molecule has 1 heterocycles. The maximum absolute atomic E-state index is 12.0. The lowest BCUT2D eigenvalue weighted by molar-refractivity contribution is -0.383. The zero-order valence-corrected chi connectivity index (χ0v) is 18.0. The van der Waals surface area contributed by atoms with Gasteiger partial charge in [-0.15, -0.1) is 0 Å². The molecule has 3 rings (SSSR count). The Labute approximate surface area is 175 Å². The van der Waals surface area contributed by atoms with Gasteiger partial charge in [-0.2, -0.15) is 0 Å². The number of nitrogens with one attached hydrogen (secondary N) is 1. The van der Waals surface area contributed by atoms with Crippen LogP contribution in [0.1, 0.15) is 22.5 Å². The molecule has 0 aliphatic heterocycles. The van der Waals surface area contributed by atoms with E-state index in [0.29, 0.717) is 11.6 Å². The minimum atomic E-state index is -0.448. The lowest BCUT2D eigenvalue weighted by atomic mass is 10.1. The van der Waals surface area contributed by atoms with Crippen molar-refractivity contribution in [3.05, 3.63) is 69.0 Å². The quantitative estimate of drug-likeness (QED) is 0.447. The van der Waals surface area contributed by atoms with Gasteiger partial charge < -0.3 is 15.0 Å². The van der Waals surface area contributed by atoms with Crippen molar-refractivity contribution in [2.75, 3.05) is 24.4 Å². The first-order valence-electron chi connectivity index (χ1n) is 9.47. The molecule has 0 saturated heterocycles. The Kier molecular flexibility index (Phi) is 5.86. The summed E-state index contributed by atoms with van der Waals surface area (Å²) in [6.45, 7) is 7.66. The largest absolute Gasteiger partial charge is 0.497 e. The average Bonchev–Trinajstić information content (AvgIpc) is 2.69. The predicted molar refractivity (Wildman–Crippen MR) is 118 cm³/mol. The van der Waals surface area contributed by atoms with Crippen LogP contribution in [-0.4, -0.2) is 29.0 Å². The Morgan fingerprint density at radius 3 is 2.17 bits per heavy atom. The van der Waals surface area contributed by atoms with Crippen molar-refractivity contribution < 1.29 is 9.66 Å². The highest BCUT2D eigenvalue weighted by Gasteiger charge is 2.28. The van der Waals surface area contributed by atoms with E-state index in [1.165, 1.54) is 0 Å². The summed E-state index contributed by atoms with van der Waals surface area (Å²) < 4.78 is 5.19. The van der Waals surface area contributed by atoms with E-state index in [2.05, 4.69) is 15.3 Å². The zero-order chi connectivity index (χ0) is 22.0. The number of hydrogen-bond donors (Lipinski definition) is 1. The normalized spacial score (nSPS) is 10.6. The second-order valence-corrected chi connectivity index (χ2v) is 7.20. The van der Waals surface area contributed by atoms with Crippen molar-refractivity contribution >= 4 is 28.7 Å². The number of anilines is 4. The molecule has 8 heteroatoms. The maximum atomic E-state index is 12.0. The van der Waals surface area contributed by atoms with Gasteiger partial charge in [0.2, 0.25) is 11.6 Å². The minimum absolute atomic E-state index is 0.165. The summed E-state index contributed by atoms with van der Waals surface area (Å²) in [5, 5.41) is 15.2. The summed E-state index contributed by atoms with van der Waals surface area (Å²) in [6.07, 6.45) is 0. The molecule has 3 aromatic rings. The van der Waals surface area contributed by atoms with Crippen molar-refractivity contribution in [2.45, 2.75) is 27.7 Å². The smallest absolute Gasteiger partial charge is 0.354 e. The first-order valence-corrected chi connectivity index (χ1v) is 9.47. The van der Waals surface area contributed by atoms with Gasteiger partial charge in [-0.3, -0.25) is 10.1 Å². The average molecular weight is 407 g/mol. The van der Waals surface area contributed by atoms with Crippen LogP contribution in [-0.2, 0) is 0 Å². The van der Waals surface area contributed by atoms with Crippen molar-refractivity contribution in [3.8, 4) is 5.75 Å². The molecule has 0 atom stereocenters. The number of ether oxygens (including phenoxy) is 1. The van der Waals surface area contributed by atoms with Gasteiger partial charge in [0.05, 0.1) is 12.0 Å². The van der Waals surface area contributed by atoms with Crippen molar-refractivity contribution in [2.24, 2.45) is 0 Å². The molecule has 0 spiro atoms. The van der Waals surface area contributed by atoms with Gasteiger partial charge in [-0.1, -0.05) is 17.7 Å². The Morgan fingerprint density at radius 2 is 1.63 bits per heavy atom. The maximum Gasteiger partial charge on any atom is 0.354 e. The van der Waals surface area contributed by atoms with Gasteiger partial charge in [0.1, 0.15) is 11.6 Å². The van der Waals surface area contributed by atoms with Gasteiger partial charge in [0.15, 0.2) is 0 Å². The van der Waals surface area contributed by atoms with Gasteiger partial charge in [-0.05, 0) is 63.1 Å². The third kappa shape index (κ3) is 4.17. The van der Waals surface area contributed by atoms with Crippen LogP contribution in [0, 0.1) is 37.8 Å². The molecule has 1 aromatic heterocycles. The Morgan fingerprint density at radius 1 is 1.03 bits per heavy atom. The van der Waals surface area contributed by atoms with Crippen LogP contribution < -0.4 is 15.0 Å². The highest BCUT2D eigenvalue weighted by Crippen LogP contribution is 2.38. The molecule has 0 fully saturated rings. The fourth-order valence-electron chi connectivity index (χ4n) is 3.46. The van der Waals surface area contributed by atoms with Crippen molar-refractivity contribution in [1.82, 2.24) is 9.97 Å². The molecule has 0 amide bonds. The third-order valence-electron chi connectivity index (χ3n) is 4.86. The van der Waals surface area contributed by atoms with E-state index in [9.17, 15) is 10.1 Å². The van der Waals surface area contributed by atoms with E-state index in [0.717, 1.165) is 28.1 Å². The van der Waals surface area contributed by atoms with E-state index < -0.39 is 4.92 Å². The number of rotatable bonds is 6. The number of nitro groups is 1. The van der Waals surface area contributed by atoms with E-state index in [-0.39, 0.29) is 17.3 Å². The lowest BCUT2D eigenvalue weighted by Gasteiger charge is -2.20. The van der Waals surface area contributed by atoms with Crippen LogP contribution in [0.15, 0.2) is 36.4 Å². The van der Waals surface area contributed by atoms with Gasteiger partial charge in [0, 0.05) is 18.4 Å². The van der Waals surface area contributed by atoms with E-state index in [1.54, 1.807) is 38.1 Å². The van der Waals surface area contributed by atoms with Gasteiger partial charge in [-0.25, -0.2) is 9.97 Å². The number of nitrogens with zero attached hydrogens (tertiary/aromatic N) is 4. The van der Waals surface area contributed by atoms with E-state index in [4.69, 9.17) is 4.74 Å². The van der Waals surface area contributed by atoms with E-state index in [1.807, 2.05) is 45.0 Å². The summed E-state index contributed by atoms with van der Waals surface area (Å²) in [4.78, 5) is 22.0.